The molecule has 27 heavy (non-hydrogen) atoms. The van der Waals surface area contributed by atoms with E-state index in [1.54, 1.807) is 24.3 Å². The van der Waals surface area contributed by atoms with Gasteiger partial charge in [0.05, 0.1) is 18.2 Å². The molecule has 0 aliphatic carbocycles. The van der Waals surface area contributed by atoms with Crippen LogP contribution >= 0.6 is 0 Å². The molecule has 3 rings (SSSR count). The number of hydrazone groups is 1. The Hall–Kier alpha value is -3.46. The zero-order valence-corrected chi connectivity index (χ0v) is 15.3. The fourth-order valence-electron chi connectivity index (χ4n) is 2.85. The molecule has 1 aliphatic heterocycles. The van der Waals surface area contributed by atoms with Crippen LogP contribution in [0.15, 0.2) is 47.6 Å². The summed E-state index contributed by atoms with van der Waals surface area (Å²) in [4.78, 5) is 24.9. The minimum absolute atomic E-state index is 0.124. The monoisotopic (exact) mass is 360 g/mol. The Morgan fingerprint density at radius 1 is 1.19 bits per heavy atom. The SMILES string of the molecule is Cc1ccc(C)c(N2N=C(C(=O)Nc3ccc(CC#N)cc3)CCC2=O)c1. The first kappa shape index (κ1) is 18.3. The zero-order chi connectivity index (χ0) is 19.4. The number of carbonyl (C=O) groups is 2. The van der Waals surface area contributed by atoms with E-state index in [0.29, 0.717) is 29.9 Å². The van der Waals surface area contributed by atoms with Gasteiger partial charge in [0, 0.05) is 18.5 Å². The summed E-state index contributed by atoms with van der Waals surface area (Å²) in [5, 5.41) is 17.2. The van der Waals surface area contributed by atoms with Crippen molar-refractivity contribution < 1.29 is 9.59 Å². The third-order valence-corrected chi connectivity index (χ3v) is 4.38. The number of anilines is 2. The van der Waals surface area contributed by atoms with E-state index in [1.807, 2.05) is 32.0 Å². The lowest BCUT2D eigenvalue weighted by Crippen LogP contribution is -2.36. The quantitative estimate of drug-likeness (QED) is 0.905. The van der Waals surface area contributed by atoms with Gasteiger partial charge in [-0.05, 0) is 48.7 Å². The van der Waals surface area contributed by atoms with Gasteiger partial charge in [-0.25, -0.2) is 5.01 Å². The van der Waals surface area contributed by atoms with Crippen molar-refractivity contribution in [1.29, 1.82) is 5.26 Å². The molecule has 0 unspecified atom stereocenters. The molecular formula is C21H20N4O2. The molecule has 1 N–H and O–H groups in total. The molecule has 0 radical (unpaired) electrons. The number of rotatable bonds is 4. The second-order valence-electron chi connectivity index (χ2n) is 6.53. The summed E-state index contributed by atoms with van der Waals surface area (Å²) >= 11 is 0. The summed E-state index contributed by atoms with van der Waals surface area (Å²) < 4.78 is 0. The summed E-state index contributed by atoms with van der Waals surface area (Å²) in [5.41, 5.74) is 4.47. The molecular weight excluding hydrogens is 340 g/mol. The summed E-state index contributed by atoms with van der Waals surface area (Å²) in [7, 11) is 0. The number of nitrogens with zero attached hydrogens (tertiary/aromatic N) is 3. The highest BCUT2D eigenvalue weighted by Crippen LogP contribution is 2.25. The second kappa shape index (κ2) is 7.83. The van der Waals surface area contributed by atoms with Gasteiger partial charge in [-0.3, -0.25) is 9.59 Å². The number of nitrogens with one attached hydrogen (secondary N) is 1. The van der Waals surface area contributed by atoms with Crippen LogP contribution in [0.4, 0.5) is 11.4 Å². The van der Waals surface area contributed by atoms with Crippen LogP contribution in [0.2, 0.25) is 0 Å². The minimum Gasteiger partial charge on any atom is -0.321 e. The number of benzene rings is 2. The maximum atomic E-state index is 12.6. The molecule has 0 aromatic heterocycles. The van der Waals surface area contributed by atoms with Crippen molar-refractivity contribution in [2.75, 3.05) is 10.3 Å². The van der Waals surface area contributed by atoms with Crippen LogP contribution < -0.4 is 10.3 Å². The van der Waals surface area contributed by atoms with Gasteiger partial charge in [-0.2, -0.15) is 10.4 Å². The van der Waals surface area contributed by atoms with Crippen LogP contribution in [0.1, 0.15) is 29.5 Å². The molecule has 136 valence electrons. The first-order valence-electron chi connectivity index (χ1n) is 8.73. The van der Waals surface area contributed by atoms with Gasteiger partial charge < -0.3 is 5.32 Å². The lowest BCUT2D eigenvalue weighted by atomic mass is 10.1. The maximum Gasteiger partial charge on any atom is 0.271 e. The van der Waals surface area contributed by atoms with E-state index in [1.165, 1.54) is 5.01 Å². The number of nitriles is 1. The summed E-state index contributed by atoms with van der Waals surface area (Å²) in [6, 6.07) is 15.0. The highest BCUT2D eigenvalue weighted by Gasteiger charge is 2.26. The number of amides is 2. The number of aryl methyl sites for hydroxylation is 2. The Labute approximate surface area is 158 Å². The van der Waals surface area contributed by atoms with Crippen LogP contribution in [0, 0.1) is 25.2 Å². The molecule has 0 bridgehead atoms. The standard InChI is InChI=1S/C21H20N4O2/c1-14-3-4-15(2)19(13-14)25-20(26)10-9-18(24-25)21(27)23-17-7-5-16(6-8-17)11-12-22/h3-8,13H,9-11H2,1-2H3,(H,23,27). The summed E-state index contributed by atoms with van der Waals surface area (Å²) in [6.45, 7) is 3.86. The molecule has 6 nitrogen and oxygen atoms in total. The number of carbonyl (C=O) groups excluding carboxylic acids is 2. The van der Waals surface area contributed by atoms with E-state index in [2.05, 4.69) is 16.5 Å². The largest absolute Gasteiger partial charge is 0.321 e. The smallest absolute Gasteiger partial charge is 0.271 e. The molecule has 0 saturated carbocycles. The maximum absolute atomic E-state index is 12.6. The van der Waals surface area contributed by atoms with Crippen molar-refractivity contribution in [3.05, 3.63) is 59.2 Å². The summed E-state index contributed by atoms with van der Waals surface area (Å²) in [6.07, 6.45) is 0.868. The average molecular weight is 360 g/mol. The van der Waals surface area contributed by atoms with Gasteiger partial charge in [-0.15, -0.1) is 0 Å². The van der Waals surface area contributed by atoms with E-state index in [-0.39, 0.29) is 18.2 Å². The predicted molar refractivity (Wildman–Crippen MR) is 104 cm³/mol. The Kier molecular flexibility index (Phi) is 5.32. The third-order valence-electron chi connectivity index (χ3n) is 4.38. The predicted octanol–water partition coefficient (Wildman–Crippen LogP) is 3.49. The third kappa shape index (κ3) is 4.21. The van der Waals surface area contributed by atoms with Crippen LogP contribution in [0.25, 0.3) is 0 Å². The lowest BCUT2D eigenvalue weighted by Gasteiger charge is -2.24. The molecule has 0 spiro atoms. The lowest BCUT2D eigenvalue weighted by molar-refractivity contribution is -0.118. The summed E-state index contributed by atoms with van der Waals surface area (Å²) in [5.74, 6) is -0.452. The Bertz CT molecular complexity index is 955. The Morgan fingerprint density at radius 2 is 1.93 bits per heavy atom. The molecule has 1 heterocycles. The average Bonchev–Trinajstić information content (AvgIpc) is 2.66. The second-order valence-corrected chi connectivity index (χ2v) is 6.53. The highest BCUT2D eigenvalue weighted by molar-refractivity contribution is 6.44. The first-order valence-corrected chi connectivity index (χ1v) is 8.73. The molecule has 1 aliphatic rings. The van der Waals surface area contributed by atoms with E-state index in [4.69, 9.17) is 5.26 Å². The number of hydrogen-bond acceptors (Lipinski definition) is 4. The fourth-order valence-corrected chi connectivity index (χ4v) is 2.85. The van der Waals surface area contributed by atoms with Gasteiger partial charge in [0.25, 0.3) is 5.91 Å². The van der Waals surface area contributed by atoms with E-state index >= 15 is 0 Å². The molecule has 2 aromatic rings. The molecule has 2 amide bonds. The van der Waals surface area contributed by atoms with Gasteiger partial charge in [0.1, 0.15) is 5.71 Å². The fraction of sp³-hybridized carbons (Fsp3) is 0.238. The number of hydrogen-bond donors (Lipinski definition) is 1. The van der Waals surface area contributed by atoms with Crippen LogP contribution in [-0.4, -0.2) is 17.5 Å². The van der Waals surface area contributed by atoms with Gasteiger partial charge in [0.15, 0.2) is 0 Å². The van der Waals surface area contributed by atoms with Crippen molar-refractivity contribution in [3.63, 3.8) is 0 Å². The Balaban J connectivity index is 1.81. The highest BCUT2D eigenvalue weighted by atomic mass is 16.2. The normalized spacial score (nSPS) is 13.7. The van der Waals surface area contributed by atoms with Crippen LogP contribution in [-0.2, 0) is 16.0 Å². The molecule has 2 aromatic carbocycles. The minimum atomic E-state index is -0.328. The van der Waals surface area contributed by atoms with E-state index in [9.17, 15) is 9.59 Å². The Morgan fingerprint density at radius 3 is 2.63 bits per heavy atom. The van der Waals surface area contributed by atoms with Crippen LogP contribution in [0.5, 0.6) is 0 Å². The van der Waals surface area contributed by atoms with E-state index in [0.717, 1.165) is 16.7 Å². The van der Waals surface area contributed by atoms with Gasteiger partial charge in [-0.1, -0.05) is 24.3 Å². The van der Waals surface area contributed by atoms with Crippen molar-refractivity contribution in [2.45, 2.75) is 33.1 Å². The molecule has 0 fully saturated rings. The molecule has 6 heteroatoms. The molecule has 0 atom stereocenters. The molecule has 0 saturated heterocycles. The van der Waals surface area contributed by atoms with Crippen molar-refractivity contribution in [3.8, 4) is 6.07 Å². The van der Waals surface area contributed by atoms with Gasteiger partial charge in [0.2, 0.25) is 5.91 Å². The van der Waals surface area contributed by atoms with Crippen molar-refractivity contribution >= 4 is 28.9 Å². The zero-order valence-electron chi connectivity index (χ0n) is 15.3. The van der Waals surface area contributed by atoms with E-state index < -0.39 is 0 Å². The van der Waals surface area contributed by atoms with Crippen molar-refractivity contribution in [1.82, 2.24) is 0 Å². The topological polar surface area (TPSA) is 85.6 Å². The van der Waals surface area contributed by atoms with Crippen LogP contribution in [0.3, 0.4) is 0 Å². The van der Waals surface area contributed by atoms with Gasteiger partial charge >= 0.3 is 0 Å². The first-order chi connectivity index (χ1) is 13.0. The van der Waals surface area contributed by atoms with Crippen molar-refractivity contribution in [2.24, 2.45) is 5.10 Å².